The van der Waals surface area contributed by atoms with E-state index in [4.69, 9.17) is 5.41 Å². The number of carbonyl (C=O) groups is 1. The minimum atomic E-state index is 0.0972. The Balaban J connectivity index is 3.37. The summed E-state index contributed by atoms with van der Waals surface area (Å²) >= 11 is 0. The lowest BCUT2D eigenvalue weighted by molar-refractivity contribution is -0.110. The van der Waals surface area contributed by atoms with Crippen LogP contribution in [0.4, 0.5) is 0 Å². The summed E-state index contributed by atoms with van der Waals surface area (Å²) in [5.41, 5.74) is 0.594. The molecule has 0 spiro atoms. The molecular weight excluding hydrogens is 116 g/mol. The fraction of sp³-hybridized carbons (Fsp3) is 0.667. The van der Waals surface area contributed by atoms with Crippen molar-refractivity contribution < 1.29 is 4.79 Å². The number of hydrogen-bond acceptors (Lipinski definition) is 2. The van der Waals surface area contributed by atoms with Crippen molar-refractivity contribution >= 4 is 12.1 Å². The Kier molecular flexibility index (Phi) is 3.67. The maximum absolute atomic E-state index is 9.82. The Bertz CT molecular complexity index is 112. The van der Waals surface area contributed by atoms with Gasteiger partial charge in [0.05, 0.1) is 0 Å². The zero-order valence-corrected chi connectivity index (χ0v) is 5.77. The van der Waals surface area contributed by atoms with Crippen molar-refractivity contribution in [1.82, 2.24) is 5.32 Å². The predicted molar refractivity (Wildman–Crippen MR) is 36.7 cm³/mol. The third kappa shape index (κ3) is 5.00. The van der Waals surface area contributed by atoms with E-state index in [1.165, 1.54) is 0 Å². The van der Waals surface area contributed by atoms with Gasteiger partial charge in [-0.05, 0) is 13.8 Å². The van der Waals surface area contributed by atoms with E-state index in [-0.39, 0.29) is 6.04 Å². The SMILES string of the molecule is CC(=N)CC(C)NC=O. The Hall–Kier alpha value is -0.860. The molecular formula is C6H12N2O. The molecule has 1 unspecified atom stereocenters. The smallest absolute Gasteiger partial charge is 0.207 e. The first-order chi connectivity index (χ1) is 4.16. The first-order valence-electron chi connectivity index (χ1n) is 2.90. The second-order valence-electron chi connectivity index (χ2n) is 2.17. The normalized spacial score (nSPS) is 12.2. The van der Waals surface area contributed by atoms with Gasteiger partial charge < -0.3 is 10.7 Å². The highest BCUT2D eigenvalue weighted by molar-refractivity contribution is 5.79. The van der Waals surface area contributed by atoms with E-state index in [9.17, 15) is 4.79 Å². The summed E-state index contributed by atoms with van der Waals surface area (Å²) in [4.78, 5) is 9.82. The minimum Gasteiger partial charge on any atom is -0.356 e. The van der Waals surface area contributed by atoms with Crippen LogP contribution in [-0.2, 0) is 4.79 Å². The van der Waals surface area contributed by atoms with Crippen LogP contribution >= 0.6 is 0 Å². The molecule has 1 atom stereocenters. The first-order valence-corrected chi connectivity index (χ1v) is 2.90. The quantitative estimate of drug-likeness (QED) is 0.421. The van der Waals surface area contributed by atoms with Crippen LogP contribution in [0.1, 0.15) is 20.3 Å². The molecule has 3 nitrogen and oxygen atoms in total. The highest BCUT2D eigenvalue weighted by Crippen LogP contribution is 1.89. The number of nitrogens with one attached hydrogen (secondary N) is 2. The molecule has 0 aliphatic heterocycles. The van der Waals surface area contributed by atoms with Crippen LogP contribution in [0.2, 0.25) is 0 Å². The van der Waals surface area contributed by atoms with Gasteiger partial charge in [0.1, 0.15) is 0 Å². The van der Waals surface area contributed by atoms with E-state index in [0.29, 0.717) is 18.5 Å². The summed E-state index contributed by atoms with van der Waals surface area (Å²) in [6.45, 7) is 3.59. The van der Waals surface area contributed by atoms with E-state index in [2.05, 4.69) is 5.32 Å². The molecule has 0 rings (SSSR count). The molecule has 0 aromatic rings. The largest absolute Gasteiger partial charge is 0.356 e. The molecule has 0 bridgehead atoms. The van der Waals surface area contributed by atoms with Gasteiger partial charge in [-0.15, -0.1) is 0 Å². The maximum Gasteiger partial charge on any atom is 0.207 e. The van der Waals surface area contributed by atoms with Crippen LogP contribution in [0.15, 0.2) is 0 Å². The Morgan fingerprint density at radius 3 is 2.78 bits per heavy atom. The van der Waals surface area contributed by atoms with Crippen molar-refractivity contribution in [2.75, 3.05) is 0 Å². The molecule has 3 heteroatoms. The van der Waals surface area contributed by atoms with Gasteiger partial charge in [-0.1, -0.05) is 0 Å². The third-order valence-electron chi connectivity index (χ3n) is 0.965. The van der Waals surface area contributed by atoms with Gasteiger partial charge >= 0.3 is 0 Å². The molecule has 9 heavy (non-hydrogen) atoms. The lowest BCUT2D eigenvalue weighted by atomic mass is 10.2. The van der Waals surface area contributed by atoms with Crippen molar-refractivity contribution in [3.8, 4) is 0 Å². The van der Waals surface area contributed by atoms with Crippen LogP contribution in [0, 0.1) is 5.41 Å². The Morgan fingerprint density at radius 1 is 1.89 bits per heavy atom. The average molecular weight is 128 g/mol. The van der Waals surface area contributed by atoms with Crippen LogP contribution in [0.25, 0.3) is 0 Å². The molecule has 0 fully saturated rings. The fourth-order valence-electron chi connectivity index (χ4n) is 0.634. The van der Waals surface area contributed by atoms with Crippen LogP contribution in [0.3, 0.4) is 0 Å². The van der Waals surface area contributed by atoms with Gasteiger partial charge in [0.2, 0.25) is 6.41 Å². The standard InChI is InChI=1S/C6H12N2O/c1-5(7)3-6(2)8-4-9/h4,6-7H,3H2,1-2H3,(H,8,9). The molecule has 2 N–H and O–H groups in total. The van der Waals surface area contributed by atoms with Gasteiger partial charge in [-0.3, -0.25) is 4.79 Å². The molecule has 0 aromatic heterocycles. The molecule has 0 aromatic carbocycles. The summed E-state index contributed by atoms with van der Waals surface area (Å²) < 4.78 is 0. The summed E-state index contributed by atoms with van der Waals surface area (Å²) in [6.07, 6.45) is 1.30. The zero-order chi connectivity index (χ0) is 7.28. The van der Waals surface area contributed by atoms with E-state index in [0.717, 1.165) is 0 Å². The topological polar surface area (TPSA) is 53.0 Å². The molecule has 0 aliphatic rings. The van der Waals surface area contributed by atoms with Gasteiger partial charge in [0, 0.05) is 18.2 Å². The van der Waals surface area contributed by atoms with E-state index >= 15 is 0 Å². The summed E-state index contributed by atoms with van der Waals surface area (Å²) in [5, 5.41) is 9.60. The number of rotatable bonds is 4. The molecule has 0 heterocycles. The van der Waals surface area contributed by atoms with E-state index in [1.807, 2.05) is 6.92 Å². The first kappa shape index (κ1) is 8.14. The maximum atomic E-state index is 9.82. The van der Waals surface area contributed by atoms with Crippen molar-refractivity contribution in [3.63, 3.8) is 0 Å². The minimum absolute atomic E-state index is 0.0972. The Labute approximate surface area is 55.0 Å². The predicted octanol–water partition coefficient (Wildman–Crippen LogP) is 0.551. The fourth-order valence-corrected chi connectivity index (χ4v) is 0.634. The molecule has 0 aliphatic carbocycles. The van der Waals surface area contributed by atoms with Gasteiger partial charge in [-0.2, -0.15) is 0 Å². The number of amides is 1. The average Bonchev–Trinajstić information content (AvgIpc) is 1.63. The van der Waals surface area contributed by atoms with Crippen LogP contribution in [0.5, 0.6) is 0 Å². The highest BCUT2D eigenvalue weighted by Gasteiger charge is 1.98. The lowest BCUT2D eigenvalue weighted by Crippen LogP contribution is -2.25. The lowest BCUT2D eigenvalue weighted by Gasteiger charge is -2.06. The second-order valence-corrected chi connectivity index (χ2v) is 2.17. The Morgan fingerprint density at radius 2 is 2.44 bits per heavy atom. The second kappa shape index (κ2) is 4.06. The molecule has 0 radical (unpaired) electrons. The molecule has 0 saturated heterocycles. The van der Waals surface area contributed by atoms with Gasteiger partial charge in [-0.25, -0.2) is 0 Å². The molecule has 0 saturated carbocycles. The zero-order valence-electron chi connectivity index (χ0n) is 5.77. The van der Waals surface area contributed by atoms with Crippen molar-refractivity contribution in [3.05, 3.63) is 0 Å². The van der Waals surface area contributed by atoms with Crippen molar-refractivity contribution in [1.29, 1.82) is 5.41 Å². The third-order valence-corrected chi connectivity index (χ3v) is 0.965. The van der Waals surface area contributed by atoms with Crippen molar-refractivity contribution in [2.24, 2.45) is 0 Å². The van der Waals surface area contributed by atoms with E-state index in [1.54, 1.807) is 6.92 Å². The molecule has 52 valence electrons. The van der Waals surface area contributed by atoms with Crippen LogP contribution in [-0.4, -0.2) is 18.2 Å². The summed E-state index contributed by atoms with van der Waals surface area (Å²) in [7, 11) is 0. The summed E-state index contributed by atoms with van der Waals surface area (Å²) in [5.74, 6) is 0. The van der Waals surface area contributed by atoms with Gasteiger partial charge in [0.15, 0.2) is 0 Å². The van der Waals surface area contributed by atoms with Crippen LogP contribution < -0.4 is 5.32 Å². The number of hydrogen-bond donors (Lipinski definition) is 2. The number of carbonyl (C=O) groups excluding carboxylic acids is 1. The monoisotopic (exact) mass is 128 g/mol. The summed E-state index contributed by atoms with van der Waals surface area (Å²) in [6, 6.07) is 0.0972. The highest BCUT2D eigenvalue weighted by atomic mass is 16.1. The van der Waals surface area contributed by atoms with Gasteiger partial charge in [0.25, 0.3) is 0 Å². The molecule has 1 amide bonds. The van der Waals surface area contributed by atoms with Crippen molar-refractivity contribution in [2.45, 2.75) is 26.3 Å². The van der Waals surface area contributed by atoms with E-state index < -0.39 is 0 Å².